The molecule has 7 nitrogen and oxygen atoms in total. The lowest BCUT2D eigenvalue weighted by Gasteiger charge is -2.39. The molecule has 1 aliphatic heterocycles. The maximum Gasteiger partial charge on any atom is 0.286 e. The van der Waals surface area contributed by atoms with Crippen molar-refractivity contribution in [1.82, 2.24) is 15.3 Å². The average molecular weight is 328 g/mol. The molecule has 1 N–H and O–H groups in total. The highest BCUT2D eigenvalue weighted by Gasteiger charge is 2.43. The number of hydrogen-bond acceptors (Lipinski definition) is 6. The molecule has 4 rings (SSSR count). The quantitative estimate of drug-likeness (QED) is 0.916. The Kier molecular flexibility index (Phi) is 4.17. The van der Waals surface area contributed by atoms with Gasteiger partial charge in [0.25, 0.3) is 5.91 Å². The third-order valence-electron chi connectivity index (χ3n) is 4.80. The van der Waals surface area contributed by atoms with Crippen LogP contribution in [0.2, 0.25) is 0 Å². The highest BCUT2D eigenvalue weighted by atomic mass is 16.5. The first-order valence-corrected chi connectivity index (χ1v) is 8.30. The van der Waals surface area contributed by atoms with Gasteiger partial charge in [0.2, 0.25) is 5.95 Å². The molecule has 3 atom stereocenters. The molecule has 2 aromatic heterocycles. The van der Waals surface area contributed by atoms with Gasteiger partial charge in [-0.05, 0) is 31.0 Å². The molecule has 7 heteroatoms. The largest absolute Gasteiger partial charge is 0.459 e. The summed E-state index contributed by atoms with van der Waals surface area (Å²) < 4.78 is 11.1. The zero-order chi connectivity index (χ0) is 16.4. The summed E-state index contributed by atoms with van der Waals surface area (Å²) in [5.41, 5.74) is 0. The molecule has 2 fully saturated rings. The number of nitrogens with zero attached hydrogens (tertiary/aromatic N) is 3. The molecule has 24 heavy (non-hydrogen) atoms. The third kappa shape index (κ3) is 2.87. The van der Waals surface area contributed by atoms with Crippen LogP contribution in [-0.4, -0.2) is 47.7 Å². The van der Waals surface area contributed by atoms with Gasteiger partial charge < -0.3 is 19.4 Å². The Hall–Kier alpha value is -2.41. The smallest absolute Gasteiger partial charge is 0.286 e. The van der Waals surface area contributed by atoms with E-state index in [1.807, 2.05) is 6.07 Å². The summed E-state index contributed by atoms with van der Waals surface area (Å²) in [7, 11) is 0. The van der Waals surface area contributed by atoms with Gasteiger partial charge in [-0.25, -0.2) is 9.97 Å². The molecular formula is C17H20N4O3. The van der Waals surface area contributed by atoms with Crippen molar-refractivity contribution in [3.05, 3.63) is 42.6 Å². The molecule has 1 amide bonds. The summed E-state index contributed by atoms with van der Waals surface area (Å²) in [6.07, 6.45) is 7.16. The Bertz CT molecular complexity index is 676. The average Bonchev–Trinajstić information content (AvgIpc) is 3.30. The molecule has 3 heterocycles. The number of carbonyl (C=O) groups excluding carboxylic acids is 1. The number of nitrogens with one attached hydrogen (secondary N) is 1. The van der Waals surface area contributed by atoms with Crippen LogP contribution < -0.4 is 10.2 Å². The van der Waals surface area contributed by atoms with Crippen molar-refractivity contribution in [1.29, 1.82) is 0 Å². The van der Waals surface area contributed by atoms with Crippen molar-refractivity contribution < 1.29 is 13.9 Å². The van der Waals surface area contributed by atoms with Gasteiger partial charge in [-0.1, -0.05) is 0 Å². The van der Waals surface area contributed by atoms with Gasteiger partial charge in [-0.2, -0.15) is 0 Å². The van der Waals surface area contributed by atoms with Crippen molar-refractivity contribution in [3.63, 3.8) is 0 Å². The molecule has 0 unspecified atom stereocenters. The number of aromatic nitrogens is 2. The van der Waals surface area contributed by atoms with E-state index < -0.39 is 0 Å². The molecule has 0 aromatic carbocycles. The summed E-state index contributed by atoms with van der Waals surface area (Å²) in [4.78, 5) is 23.0. The van der Waals surface area contributed by atoms with Gasteiger partial charge in [0.1, 0.15) is 0 Å². The number of fused-ring (bicyclic) bond motifs is 1. The van der Waals surface area contributed by atoms with Gasteiger partial charge in [0, 0.05) is 31.4 Å². The molecule has 0 bridgehead atoms. The van der Waals surface area contributed by atoms with Gasteiger partial charge in [0.15, 0.2) is 5.76 Å². The third-order valence-corrected chi connectivity index (χ3v) is 4.80. The van der Waals surface area contributed by atoms with Gasteiger partial charge in [0.05, 0.1) is 25.0 Å². The molecule has 1 saturated carbocycles. The van der Waals surface area contributed by atoms with E-state index in [1.54, 1.807) is 24.5 Å². The van der Waals surface area contributed by atoms with Crippen molar-refractivity contribution in [2.45, 2.75) is 25.0 Å². The van der Waals surface area contributed by atoms with Gasteiger partial charge in [-0.3, -0.25) is 4.79 Å². The molecular weight excluding hydrogens is 308 g/mol. The fourth-order valence-electron chi connectivity index (χ4n) is 3.69. The van der Waals surface area contributed by atoms with Crippen molar-refractivity contribution >= 4 is 11.9 Å². The van der Waals surface area contributed by atoms with Crippen LogP contribution >= 0.6 is 0 Å². The van der Waals surface area contributed by atoms with E-state index in [9.17, 15) is 4.79 Å². The normalized spacial score (nSPS) is 26.2. The van der Waals surface area contributed by atoms with Crippen molar-refractivity contribution in [2.24, 2.45) is 5.92 Å². The Labute approximate surface area is 140 Å². The first kappa shape index (κ1) is 15.1. The molecule has 0 spiro atoms. The van der Waals surface area contributed by atoms with Crippen LogP contribution in [0, 0.1) is 5.92 Å². The molecule has 1 aliphatic carbocycles. The second-order valence-electron chi connectivity index (χ2n) is 6.17. The topological polar surface area (TPSA) is 80.5 Å². The number of morpholine rings is 1. The Morgan fingerprint density at radius 2 is 2.17 bits per heavy atom. The predicted octanol–water partition coefficient (Wildman–Crippen LogP) is 1.48. The zero-order valence-corrected chi connectivity index (χ0v) is 13.3. The number of hydrogen-bond donors (Lipinski definition) is 1. The maximum atomic E-state index is 12.0. The molecule has 0 radical (unpaired) electrons. The van der Waals surface area contributed by atoms with E-state index in [0.717, 1.165) is 25.3 Å². The SMILES string of the molecule is O=C(NC[C@@H]1CC[C@H]2[C@H]1OCCN2c1ncccn1)c1ccco1. The van der Waals surface area contributed by atoms with Crippen LogP contribution in [0.1, 0.15) is 23.4 Å². The first-order valence-electron chi connectivity index (χ1n) is 8.30. The van der Waals surface area contributed by atoms with Crippen LogP contribution in [0.15, 0.2) is 41.3 Å². The second-order valence-corrected chi connectivity index (χ2v) is 6.17. The van der Waals surface area contributed by atoms with E-state index in [-0.39, 0.29) is 18.1 Å². The standard InChI is InChI=1S/C17H20N4O3/c22-16(14-3-1-9-23-14)20-11-12-4-5-13-15(12)24-10-8-21(13)17-18-6-2-7-19-17/h1-3,6-7,9,12-13,15H,4-5,8,10-11H2,(H,20,22)/t12-,13-,15-/m0/s1. The van der Waals surface area contributed by atoms with Crippen LogP contribution in [0.25, 0.3) is 0 Å². The predicted molar refractivity (Wildman–Crippen MR) is 86.7 cm³/mol. The summed E-state index contributed by atoms with van der Waals surface area (Å²) >= 11 is 0. The number of carbonyl (C=O) groups is 1. The highest BCUT2D eigenvalue weighted by Crippen LogP contribution is 2.35. The highest BCUT2D eigenvalue weighted by molar-refractivity contribution is 5.91. The summed E-state index contributed by atoms with van der Waals surface area (Å²) in [5.74, 6) is 1.22. The molecule has 126 valence electrons. The lowest BCUT2D eigenvalue weighted by Crippen LogP contribution is -2.52. The van der Waals surface area contributed by atoms with E-state index in [4.69, 9.17) is 9.15 Å². The number of ether oxygens (including phenoxy) is 1. The monoisotopic (exact) mass is 328 g/mol. The fraction of sp³-hybridized carbons (Fsp3) is 0.471. The Morgan fingerprint density at radius 1 is 1.29 bits per heavy atom. The fourth-order valence-corrected chi connectivity index (χ4v) is 3.69. The Balaban J connectivity index is 1.40. The van der Waals surface area contributed by atoms with Crippen molar-refractivity contribution in [2.75, 3.05) is 24.6 Å². The maximum absolute atomic E-state index is 12.0. The minimum atomic E-state index is -0.178. The number of rotatable bonds is 4. The molecule has 2 aliphatic rings. The van der Waals surface area contributed by atoms with Gasteiger partial charge in [-0.15, -0.1) is 0 Å². The lowest BCUT2D eigenvalue weighted by molar-refractivity contribution is -0.00175. The number of furan rings is 1. The summed E-state index contributed by atoms with van der Waals surface area (Å²) in [5, 5.41) is 2.95. The lowest BCUT2D eigenvalue weighted by atomic mass is 10.0. The first-order chi connectivity index (χ1) is 11.8. The Morgan fingerprint density at radius 3 is 2.96 bits per heavy atom. The van der Waals surface area contributed by atoms with E-state index in [2.05, 4.69) is 20.2 Å². The second kappa shape index (κ2) is 6.60. The molecule has 1 saturated heterocycles. The number of amides is 1. The van der Waals surface area contributed by atoms with E-state index in [1.165, 1.54) is 6.26 Å². The van der Waals surface area contributed by atoms with Crippen LogP contribution in [-0.2, 0) is 4.74 Å². The van der Waals surface area contributed by atoms with Gasteiger partial charge >= 0.3 is 0 Å². The van der Waals surface area contributed by atoms with Crippen molar-refractivity contribution in [3.8, 4) is 0 Å². The minimum Gasteiger partial charge on any atom is -0.459 e. The summed E-state index contributed by atoms with van der Waals surface area (Å²) in [6, 6.07) is 5.47. The minimum absolute atomic E-state index is 0.0967. The summed E-state index contributed by atoms with van der Waals surface area (Å²) in [6.45, 7) is 2.04. The van der Waals surface area contributed by atoms with Crippen LogP contribution in [0.4, 0.5) is 5.95 Å². The van der Waals surface area contributed by atoms with E-state index in [0.29, 0.717) is 24.8 Å². The van der Waals surface area contributed by atoms with E-state index >= 15 is 0 Å². The van der Waals surface area contributed by atoms with Crippen LogP contribution in [0.5, 0.6) is 0 Å². The molecule has 2 aromatic rings. The number of anilines is 1. The zero-order valence-electron chi connectivity index (χ0n) is 13.3. The van der Waals surface area contributed by atoms with Crippen LogP contribution in [0.3, 0.4) is 0 Å².